The molecule has 0 saturated heterocycles. The molecule has 0 unspecified atom stereocenters. The molecule has 5 heterocycles. The van der Waals surface area contributed by atoms with Crippen molar-refractivity contribution in [3.8, 4) is 45.6 Å². The molecule has 0 bridgehead atoms. The van der Waals surface area contributed by atoms with Gasteiger partial charge in [0, 0.05) is 24.8 Å². The van der Waals surface area contributed by atoms with Crippen LogP contribution in [0.5, 0.6) is 0 Å². The van der Waals surface area contributed by atoms with Crippen LogP contribution in [-0.2, 0) is 0 Å². The van der Waals surface area contributed by atoms with Crippen molar-refractivity contribution in [3.63, 3.8) is 0 Å². The Hall–Kier alpha value is -4.32. The Morgan fingerprint density at radius 1 is 0.333 bits per heavy atom. The Bertz CT molecular complexity index is 1060. The molecule has 30 heavy (non-hydrogen) atoms. The van der Waals surface area contributed by atoms with Crippen molar-refractivity contribution in [1.29, 1.82) is 0 Å². The lowest BCUT2D eigenvalue weighted by Crippen LogP contribution is -2.03. The molecule has 0 N–H and O–H groups in total. The zero-order valence-corrected chi connectivity index (χ0v) is 15.9. The smallest absolute Gasteiger partial charge is 0.117 e. The maximum Gasteiger partial charge on any atom is 0.117 e. The Morgan fingerprint density at radius 3 is 0.800 bits per heavy atom. The van der Waals surface area contributed by atoms with Crippen LogP contribution in [0.2, 0.25) is 0 Å². The summed E-state index contributed by atoms with van der Waals surface area (Å²) in [6, 6.07) is 22.9. The van der Waals surface area contributed by atoms with Gasteiger partial charge in [-0.15, -0.1) is 0 Å². The lowest BCUT2D eigenvalue weighted by Gasteiger charge is -2.14. The molecule has 6 heteroatoms. The summed E-state index contributed by atoms with van der Waals surface area (Å²) in [6.45, 7) is 0. The molecule has 0 amide bonds. The van der Waals surface area contributed by atoms with Crippen molar-refractivity contribution in [2.24, 2.45) is 0 Å². The predicted molar refractivity (Wildman–Crippen MR) is 115 cm³/mol. The molecule has 0 aliphatic carbocycles. The minimum atomic E-state index is 0.648. The van der Waals surface area contributed by atoms with Gasteiger partial charge in [-0.05, 0) is 48.5 Å². The molecular formula is C24H16N6. The van der Waals surface area contributed by atoms with E-state index in [4.69, 9.17) is 9.97 Å². The van der Waals surface area contributed by atoms with E-state index in [0.29, 0.717) is 22.8 Å². The Balaban J connectivity index is 1.85. The van der Waals surface area contributed by atoms with Gasteiger partial charge in [-0.2, -0.15) is 0 Å². The number of hydrogen-bond acceptors (Lipinski definition) is 6. The van der Waals surface area contributed by atoms with Gasteiger partial charge in [-0.3, -0.25) is 19.9 Å². The predicted octanol–water partition coefficient (Wildman–Crippen LogP) is 4.72. The van der Waals surface area contributed by atoms with Gasteiger partial charge in [0.1, 0.15) is 22.8 Å². The highest BCUT2D eigenvalue weighted by Crippen LogP contribution is 2.34. The van der Waals surface area contributed by atoms with Crippen molar-refractivity contribution >= 4 is 0 Å². The molecular weight excluding hydrogens is 372 g/mol. The molecule has 0 aromatic carbocycles. The van der Waals surface area contributed by atoms with Crippen LogP contribution in [0.15, 0.2) is 97.6 Å². The van der Waals surface area contributed by atoms with Crippen molar-refractivity contribution in [2.75, 3.05) is 0 Å². The summed E-state index contributed by atoms with van der Waals surface area (Å²) in [5, 5.41) is 0. The van der Waals surface area contributed by atoms with Gasteiger partial charge in [0.05, 0.1) is 22.8 Å². The summed E-state index contributed by atoms with van der Waals surface area (Å²) in [4.78, 5) is 28.0. The fourth-order valence-corrected chi connectivity index (χ4v) is 3.16. The highest BCUT2D eigenvalue weighted by atomic mass is 14.9. The fraction of sp³-hybridized carbons (Fsp3) is 0. The first kappa shape index (κ1) is 17.8. The number of nitrogens with zero attached hydrogens (tertiary/aromatic N) is 6. The normalized spacial score (nSPS) is 10.7. The monoisotopic (exact) mass is 388 g/mol. The summed E-state index contributed by atoms with van der Waals surface area (Å²) < 4.78 is 0. The molecule has 5 aromatic heterocycles. The first-order valence-corrected chi connectivity index (χ1v) is 9.48. The second-order valence-corrected chi connectivity index (χ2v) is 6.48. The summed E-state index contributed by atoms with van der Waals surface area (Å²) in [5.41, 5.74) is 5.46. The van der Waals surface area contributed by atoms with Gasteiger partial charge < -0.3 is 0 Å². The van der Waals surface area contributed by atoms with E-state index in [2.05, 4.69) is 19.9 Å². The average Bonchev–Trinajstić information content (AvgIpc) is 2.85. The minimum absolute atomic E-state index is 0.648. The van der Waals surface area contributed by atoms with Gasteiger partial charge in [0.2, 0.25) is 0 Å². The molecule has 6 nitrogen and oxygen atoms in total. The third-order valence-corrected chi connectivity index (χ3v) is 4.53. The lowest BCUT2D eigenvalue weighted by atomic mass is 10.1. The number of pyridine rings is 4. The van der Waals surface area contributed by atoms with Crippen LogP contribution >= 0.6 is 0 Å². The van der Waals surface area contributed by atoms with E-state index >= 15 is 0 Å². The molecule has 5 aromatic rings. The van der Waals surface area contributed by atoms with E-state index in [1.807, 2.05) is 72.8 Å². The van der Waals surface area contributed by atoms with Crippen LogP contribution in [0.25, 0.3) is 45.6 Å². The van der Waals surface area contributed by atoms with Gasteiger partial charge in [-0.1, -0.05) is 24.3 Å². The summed E-state index contributed by atoms with van der Waals surface area (Å²) in [6.07, 6.45) is 6.97. The second kappa shape index (κ2) is 7.97. The molecule has 0 atom stereocenters. The van der Waals surface area contributed by atoms with Crippen LogP contribution in [-0.4, -0.2) is 29.9 Å². The van der Waals surface area contributed by atoms with Gasteiger partial charge in [0.25, 0.3) is 0 Å². The molecule has 0 radical (unpaired) electrons. The molecule has 0 saturated carbocycles. The molecule has 0 aliphatic rings. The maximum absolute atomic E-state index is 5.00. The number of aromatic nitrogens is 6. The largest absolute Gasteiger partial charge is 0.255 e. The van der Waals surface area contributed by atoms with Gasteiger partial charge in [0.15, 0.2) is 0 Å². The van der Waals surface area contributed by atoms with E-state index < -0.39 is 0 Å². The summed E-state index contributed by atoms with van der Waals surface area (Å²) in [5.74, 6) is 0. The third-order valence-electron chi connectivity index (χ3n) is 4.53. The zero-order chi connectivity index (χ0) is 20.2. The van der Waals surface area contributed by atoms with Gasteiger partial charge in [-0.25, -0.2) is 9.97 Å². The Labute approximate surface area is 173 Å². The van der Waals surface area contributed by atoms with Crippen LogP contribution in [0.1, 0.15) is 0 Å². The third kappa shape index (κ3) is 3.42. The quantitative estimate of drug-likeness (QED) is 0.443. The fourth-order valence-electron chi connectivity index (χ4n) is 3.16. The van der Waals surface area contributed by atoms with Gasteiger partial charge >= 0.3 is 0 Å². The van der Waals surface area contributed by atoms with Crippen LogP contribution in [0.4, 0.5) is 0 Å². The van der Waals surface area contributed by atoms with E-state index in [0.717, 1.165) is 22.8 Å². The van der Waals surface area contributed by atoms with Crippen molar-refractivity contribution < 1.29 is 0 Å². The molecule has 0 spiro atoms. The van der Waals surface area contributed by atoms with Crippen molar-refractivity contribution in [3.05, 3.63) is 97.6 Å². The zero-order valence-electron chi connectivity index (χ0n) is 15.9. The van der Waals surface area contributed by atoms with E-state index in [1.54, 1.807) is 24.8 Å². The molecule has 0 fully saturated rings. The topological polar surface area (TPSA) is 77.3 Å². The van der Waals surface area contributed by atoms with Crippen LogP contribution in [0.3, 0.4) is 0 Å². The Kier molecular flexibility index (Phi) is 4.72. The van der Waals surface area contributed by atoms with Crippen LogP contribution < -0.4 is 0 Å². The Morgan fingerprint density at radius 2 is 0.600 bits per heavy atom. The van der Waals surface area contributed by atoms with Crippen molar-refractivity contribution in [1.82, 2.24) is 29.9 Å². The molecule has 0 aliphatic heterocycles. The lowest BCUT2D eigenvalue weighted by molar-refractivity contribution is 1.13. The molecule has 142 valence electrons. The van der Waals surface area contributed by atoms with Crippen molar-refractivity contribution in [2.45, 2.75) is 0 Å². The maximum atomic E-state index is 5.00. The molecule has 5 rings (SSSR count). The number of rotatable bonds is 4. The second-order valence-electron chi connectivity index (χ2n) is 6.48. The summed E-state index contributed by atoms with van der Waals surface area (Å²) >= 11 is 0. The van der Waals surface area contributed by atoms with E-state index in [1.165, 1.54) is 0 Å². The first-order valence-electron chi connectivity index (χ1n) is 9.48. The SMILES string of the molecule is c1ccc(-c2nc(-c3ccccn3)c(-c3ccccn3)nc2-c2ccccn2)nc1. The highest BCUT2D eigenvalue weighted by molar-refractivity contribution is 5.82. The standard InChI is InChI=1S/C24H16N6/c1-5-13-25-17(9-1)21-22(18-10-2-6-14-26-18)30-24(20-12-4-8-16-28-20)23(29-21)19-11-3-7-15-27-19/h1-16H. The number of hydrogen-bond donors (Lipinski definition) is 0. The minimum Gasteiger partial charge on any atom is -0.255 e. The van der Waals surface area contributed by atoms with E-state index in [9.17, 15) is 0 Å². The summed E-state index contributed by atoms with van der Waals surface area (Å²) in [7, 11) is 0. The van der Waals surface area contributed by atoms with Crippen LogP contribution in [0, 0.1) is 0 Å². The highest BCUT2D eigenvalue weighted by Gasteiger charge is 2.21. The first-order chi connectivity index (χ1) is 14.9. The van der Waals surface area contributed by atoms with E-state index in [-0.39, 0.29) is 0 Å². The average molecular weight is 388 g/mol.